The summed E-state index contributed by atoms with van der Waals surface area (Å²) in [5, 5.41) is 16.3. The molecule has 0 aliphatic carbocycles. The summed E-state index contributed by atoms with van der Waals surface area (Å²) in [6.07, 6.45) is 0. The topological polar surface area (TPSA) is 113 Å². The van der Waals surface area contributed by atoms with Crippen LogP contribution in [-0.2, 0) is 14.8 Å². The molecule has 120 valence electrons. The molecule has 0 saturated heterocycles. The molecule has 1 aromatic carbocycles. The van der Waals surface area contributed by atoms with E-state index in [-0.39, 0.29) is 16.3 Å². The van der Waals surface area contributed by atoms with Crippen LogP contribution in [0.4, 0.5) is 5.88 Å². The number of fused-ring (bicyclic) bond motifs is 1. The molecule has 23 heavy (non-hydrogen) atoms. The number of nitrogens with one attached hydrogen (secondary N) is 1. The zero-order chi connectivity index (χ0) is 16.8. The molecule has 2 N–H and O–H groups in total. The van der Waals surface area contributed by atoms with Gasteiger partial charge in [-0.25, -0.2) is 8.42 Å². The van der Waals surface area contributed by atoms with Gasteiger partial charge in [-0.05, 0) is 19.1 Å². The van der Waals surface area contributed by atoms with Crippen molar-refractivity contribution < 1.29 is 22.8 Å². The number of nitrogens with zero attached hydrogens (tertiary/aromatic N) is 2. The van der Waals surface area contributed by atoms with Crippen LogP contribution in [0.25, 0.3) is 5.76 Å². The van der Waals surface area contributed by atoms with E-state index in [4.69, 9.17) is 4.52 Å². The minimum Gasteiger partial charge on any atom is -0.505 e. The molecular formula is C14H13N3O5S. The molecule has 0 saturated carbocycles. The molecule has 2 aromatic rings. The summed E-state index contributed by atoms with van der Waals surface area (Å²) in [4.78, 5) is 12.3. The zero-order valence-electron chi connectivity index (χ0n) is 12.3. The van der Waals surface area contributed by atoms with E-state index in [0.717, 1.165) is 4.31 Å². The SMILES string of the molecule is Cc1cc(NC(=O)C2=C(O)c3ccccc3S(=O)(=O)N2C)on1. The average Bonchev–Trinajstić information content (AvgIpc) is 2.91. The first-order valence-corrected chi connectivity index (χ1v) is 8.02. The van der Waals surface area contributed by atoms with Gasteiger partial charge in [0.15, 0.2) is 11.5 Å². The second-order valence-electron chi connectivity index (χ2n) is 4.95. The number of carbonyl (C=O) groups excluding carboxylic acids is 1. The number of amides is 1. The van der Waals surface area contributed by atoms with Gasteiger partial charge in [-0.15, -0.1) is 0 Å². The fourth-order valence-corrected chi connectivity index (χ4v) is 3.67. The number of anilines is 1. The Morgan fingerprint density at radius 3 is 2.70 bits per heavy atom. The van der Waals surface area contributed by atoms with Crippen molar-refractivity contribution in [1.82, 2.24) is 9.46 Å². The third-order valence-electron chi connectivity index (χ3n) is 3.40. The molecule has 0 bridgehead atoms. The van der Waals surface area contributed by atoms with Crippen molar-refractivity contribution in [3.05, 3.63) is 47.3 Å². The van der Waals surface area contributed by atoms with Gasteiger partial charge in [0.2, 0.25) is 5.88 Å². The summed E-state index contributed by atoms with van der Waals surface area (Å²) in [7, 11) is -2.73. The summed E-state index contributed by atoms with van der Waals surface area (Å²) in [6.45, 7) is 1.67. The van der Waals surface area contributed by atoms with Crippen LogP contribution < -0.4 is 5.32 Å². The fourth-order valence-electron chi connectivity index (χ4n) is 2.28. The standard InChI is InChI=1S/C14H13N3O5S/c1-8-7-11(22-16-8)15-14(19)12-13(18)9-5-3-4-6-10(9)23(20,21)17(12)2/h3-7,18H,1-2H3,(H,15,19). The highest BCUT2D eigenvalue weighted by molar-refractivity contribution is 7.89. The molecule has 3 rings (SSSR count). The van der Waals surface area contributed by atoms with Crippen molar-refractivity contribution >= 4 is 27.6 Å². The molecule has 8 nitrogen and oxygen atoms in total. The number of carbonyl (C=O) groups is 1. The molecular weight excluding hydrogens is 322 g/mol. The molecule has 1 aliphatic heterocycles. The third kappa shape index (κ3) is 2.34. The van der Waals surface area contributed by atoms with E-state index < -0.39 is 27.4 Å². The minimum atomic E-state index is -3.93. The number of rotatable bonds is 2. The number of sulfonamides is 1. The molecule has 1 aliphatic rings. The van der Waals surface area contributed by atoms with Crippen molar-refractivity contribution in [2.24, 2.45) is 0 Å². The number of benzene rings is 1. The van der Waals surface area contributed by atoms with E-state index in [1.807, 2.05) is 0 Å². The van der Waals surface area contributed by atoms with Crippen LogP contribution in [0.1, 0.15) is 11.3 Å². The molecule has 0 fully saturated rings. The van der Waals surface area contributed by atoms with Crippen molar-refractivity contribution in [2.45, 2.75) is 11.8 Å². The van der Waals surface area contributed by atoms with Gasteiger partial charge < -0.3 is 9.63 Å². The normalized spacial score (nSPS) is 16.2. The lowest BCUT2D eigenvalue weighted by molar-refractivity contribution is -0.113. The molecule has 0 atom stereocenters. The minimum absolute atomic E-state index is 0.0532. The Balaban J connectivity index is 2.09. The van der Waals surface area contributed by atoms with Crippen LogP contribution in [0.5, 0.6) is 0 Å². The van der Waals surface area contributed by atoms with E-state index in [1.54, 1.807) is 19.1 Å². The van der Waals surface area contributed by atoms with E-state index >= 15 is 0 Å². The summed E-state index contributed by atoms with van der Waals surface area (Å²) in [5.74, 6) is -1.19. The van der Waals surface area contributed by atoms with Crippen LogP contribution in [0.15, 0.2) is 45.4 Å². The van der Waals surface area contributed by atoms with Crippen LogP contribution >= 0.6 is 0 Å². The van der Waals surface area contributed by atoms with Gasteiger partial charge in [-0.1, -0.05) is 17.3 Å². The van der Waals surface area contributed by atoms with Crippen molar-refractivity contribution in [1.29, 1.82) is 0 Å². The Bertz CT molecular complexity index is 929. The number of aromatic nitrogens is 1. The first kappa shape index (κ1) is 15.1. The van der Waals surface area contributed by atoms with Gasteiger partial charge in [0.1, 0.15) is 0 Å². The Hall–Kier alpha value is -2.81. The molecule has 2 heterocycles. The molecule has 0 spiro atoms. The molecule has 0 radical (unpaired) electrons. The van der Waals surface area contributed by atoms with Crippen LogP contribution in [0, 0.1) is 6.92 Å². The van der Waals surface area contributed by atoms with E-state index in [1.165, 1.54) is 25.2 Å². The predicted octanol–water partition coefficient (Wildman–Crippen LogP) is 1.48. The predicted molar refractivity (Wildman–Crippen MR) is 80.8 cm³/mol. The zero-order valence-corrected chi connectivity index (χ0v) is 13.1. The maximum absolute atomic E-state index is 12.5. The van der Waals surface area contributed by atoms with Crippen molar-refractivity contribution in [2.75, 3.05) is 12.4 Å². The Kier molecular flexibility index (Phi) is 3.37. The summed E-state index contributed by atoms with van der Waals surface area (Å²) in [5.41, 5.74) is 0.232. The van der Waals surface area contributed by atoms with E-state index in [0.29, 0.717) is 5.69 Å². The quantitative estimate of drug-likeness (QED) is 0.859. The maximum atomic E-state index is 12.5. The van der Waals surface area contributed by atoms with Gasteiger partial charge in [-0.2, -0.15) is 0 Å². The summed E-state index contributed by atoms with van der Waals surface area (Å²) >= 11 is 0. The molecule has 0 unspecified atom stereocenters. The molecule has 1 amide bonds. The highest BCUT2D eigenvalue weighted by Gasteiger charge is 2.37. The Morgan fingerprint density at radius 1 is 1.35 bits per heavy atom. The monoisotopic (exact) mass is 335 g/mol. The average molecular weight is 335 g/mol. The van der Waals surface area contributed by atoms with E-state index in [9.17, 15) is 18.3 Å². The lowest BCUT2D eigenvalue weighted by Gasteiger charge is -2.28. The second kappa shape index (κ2) is 5.13. The number of likely N-dealkylation sites (N-methyl/N-ethyl adjacent to an activating group) is 1. The maximum Gasteiger partial charge on any atom is 0.279 e. The highest BCUT2D eigenvalue weighted by atomic mass is 32.2. The number of aliphatic hydroxyl groups excluding tert-OH is 1. The van der Waals surface area contributed by atoms with Gasteiger partial charge in [0.05, 0.1) is 10.6 Å². The number of hydrogen-bond donors (Lipinski definition) is 2. The van der Waals surface area contributed by atoms with Crippen LogP contribution in [-0.4, -0.2) is 35.9 Å². The largest absolute Gasteiger partial charge is 0.505 e. The second-order valence-corrected chi connectivity index (χ2v) is 6.89. The molecule has 1 aromatic heterocycles. The van der Waals surface area contributed by atoms with Crippen LogP contribution in [0.2, 0.25) is 0 Å². The first-order valence-electron chi connectivity index (χ1n) is 6.58. The first-order chi connectivity index (χ1) is 10.8. The van der Waals surface area contributed by atoms with Crippen LogP contribution in [0.3, 0.4) is 0 Å². The fraction of sp³-hybridized carbons (Fsp3) is 0.143. The number of aryl methyl sites for hydroxylation is 1. The summed E-state index contributed by atoms with van der Waals surface area (Å²) < 4.78 is 30.6. The number of hydrogen-bond acceptors (Lipinski definition) is 6. The van der Waals surface area contributed by atoms with Crippen molar-refractivity contribution in [3.8, 4) is 0 Å². The molecule has 9 heteroatoms. The lowest BCUT2D eigenvalue weighted by Crippen LogP contribution is -2.37. The Labute approximate surface area is 132 Å². The highest BCUT2D eigenvalue weighted by Crippen LogP contribution is 2.34. The smallest absolute Gasteiger partial charge is 0.279 e. The van der Waals surface area contributed by atoms with Gasteiger partial charge in [0, 0.05) is 18.7 Å². The van der Waals surface area contributed by atoms with Gasteiger partial charge >= 0.3 is 0 Å². The van der Waals surface area contributed by atoms with Gasteiger partial charge in [-0.3, -0.25) is 14.4 Å². The Morgan fingerprint density at radius 2 is 2.04 bits per heavy atom. The lowest BCUT2D eigenvalue weighted by atomic mass is 10.1. The number of aliphatic hydroxyl groups is 1. The summed E-state index contributed by atoms with van der Waals surface area (Å²) in [6, 6.07) is 7.39. The van der Waals surface area contributed by atoms with Gasteiger partial charge in [0.25, 0.3) is 15.9 Å². The van der Waals surface area contributed by atoms with Crippen molar-refractivity contribution in [3.63, 3.8) is 0 Å². The third-order valence-corrected chi connectivity index (χ3v) is 5.22. The van der Waals surface area contributed by atoms with E-state index in [2.05, 4.69) is 10.5 Å².